The van der Waals surface area contributed by atoms with Crippen molar-refractivity contribution in [1.82, 2.24) is 15.2 Å². The summed E-state index contributed by atoms with van der Waals surface area (Å²) in [4.78, 5) is 23.7. The Morgan fingerprint density at radius 2 is 1.88 bits per heavy atom. The van der Waals surface area contributed by atoms with E-state index in [0.29, 0.717) is 18.3 Å². The molecule has 1 aromatic heterocycles. The predicted molar refractivity (Wildman–Crippen MR) is 99.0 cm³/mol. The normalized spacial score (nSPS) is 14.5. The molecule has 1 atom stereocenters. The second kappa shape index (κ2) is 8.56. The Bertz CT molecular complexity index is 721. The average Bonchev–Trinajstić information content (AvgIpc) is 3.29. The van der Waals surface area contributed by atoms with Crippen molar-refractivity contribution < 1.29 is 14.3 Å². The third-order valence-corrected chi connectivity index (χ3v) is 4.40. The van der Waals surface area contributed by atoms with Crippen LogP contribution in [0.4, 0.5) is 0 Å². The number of rotatable bonds is 9. The molecule has 0 saturated heterocycles. The zero-order chi connectivity index (χ0) is 18.4. The van der Waals surface area contributed by atoms with Gasteiger partial charge in [-0.1, -0.05) is 12.1 Å². The summed E-state index contributed by atoms with van der Waals surface area (Å²) >= 11 is 0. The summed E-state index contributed by atoms with van der Waals surface area (Å²) in [6, 6.07) is 11.6. The summed E-state index contributed by atoms with van der Waals surface area (Å²) < 4.78 is 7.36. The van der Waals surface area contributed by atoms with E-state index in [4.69, 9.17) is 4.74 Å². The second-order valence-electron chi connectivity index (χ2n) is 6.62. The number of hydrogen-bond acceptors (Lipinski definition) is 3. The number of amides is 2. The first-order chi connectivity index (χ1) is 12.6. The van der Waals surface area contributed by atoms with Crippen LogP contribution < -0.4 is 15.4 Å². The van der Waals surface area contributed by atoms with Gasteiger partial charge in [-0.05, 0) is 56.0 Å². The minimum atomic E-state index is -0.220. The number of ether oxygens (including phenoxy) is 1. The highest BCUT2D eigenvalue weighted by Crippen LogP contribution is 2.18. The van der Waals surface area contributed by atoms with Crippen LogP contribution in [0.25, 0.3) is 0 Å². The van der Waals surface area contributed by atoms with Crippen LogP contribution in [-0.4, -0.2) is 35.6 Å². The first-order valence-electron chi connectivity index (χ1n) is 9.03. The van der Waals surface area contributed by atoms with Gasteiger partial charge in [-0.2, -0.15) is 0 Å². The molecular formula is C20H25N3O3. The maximum Gasteiger partial charge on any atom is 0.258 e. The van der Waals surface area contributed by atoms with E-state index in [1.807, 2.05) is 60.3 Å². The van der Waals surface area contributed by atoms with E-state index in [9.17, 15) is 9.59 Å². The van der Waals surface area contributed by atoms with Crippen LogP contribution in [0.1, 0.15) is 31.4 Å². The Hall–Kier alpha value is -2.76. The van der Waals surface area contributed by atoms with Gasteiger partial charge < -0.3 is 19.9 Å². The third-order valence-electron chi connectivity index (χ3n) is 4.40. The second-order valence-corrected chi connectivity index (χ2v) is 6.62. The fraction of sp³-hybridized carbons (Fsp3) is 0.400. The summed E-state index contributed by atoms with van der Waals surface area (Å²) in [7, 11) is 0. The van der Waals surface area contributed by atoms with Crippen LogP contribution in [0.2, 0.25) is 0 Å². The molecule has 2 amide bonds. The molecule has 138 valence electrons. The van der Waals surface area contributed by atoms with E-state index in [2.05, 4.69) is 10.6 Å². The lowest BCUT2D eigenvalue weighted by atomic mass is 10.1. The summed E-state index contributed by atoms with van der Waals surface area (Å²) in [6.45, 7) is 2.50. The van der Waals surface area contributed by atoms with Crippen LogP contribution in [0, 0.1) is 0 Å². The molecule has 1 saturated carbocycles. The van der Waals surface area contributed by atoms with Gasteiger partial charge in [0.2, 0.25) is 5.91 Å². The molecule has 1 aromatic carbocycles. The summed E-state index contributed by atoms with van der Waals surface area (Å²) in [5.74, 6) is 0.601. The molecular weight excluding hydrogens is 330 g/mol. The lowest BCUT2D eigenvalue weighted by Gasteiger charge is -2.14. The number of carbonyl (C=O) groups is 2. The maximum absolute atomic E-state index is 12.1. The molecule has 1 heterocycles. The van der Waals surface area contributed by atoms with Gasteiger partial charge in [0, 0.05) is 25.0 Å². The zero-order valence-electron chi connectivity index (χ0n) is 15.0. The van der Waals surface area contributed by atoms with Crippen molar-refractivity contribution in [3.63, 3.8) is 0 Å². The molecule has 0 aliphatic heterocycles. The minimum Gasteiger partial charge on any atom is -0.484 e. The maximum atomic E-state index is 12.1. The fourth-order valence-corrected chi connectivity index (χ4v) is 2.62. The standard InChI is InChI=1S/C20H25N3O3/c1-15(23-12-2-3-13-23)20(25)21-11-10-16-4-8-18(9-5-16)26-14-19(24)22-17-6-7-17/h2-5,8-9,12-13,15,17H,6-7,10-11,14H2,1H3,(H,21,25)(H,22,24)/t15-/m0/s1. The van der Waals surface area contributed by atoms with Gasteiger partial charge in [-0.3, -0.25) is 9.59 Å². The first-order valence-corrected chi connectivity index (χ1v) is 9.03. The lowest BCUT2D eigenvalue weighted by Crippen LogP contribution is -2.32. The van der Waals surface area contributed by atoms with Crippen molar-refractivity contribution in [1.29, 1.82) is 0 Å². The number of aromatic nitrogens is 1. The predicted octanol–water partition coefficient (Wildman–Crippen LogP) is 2.07. The molecule has 0 spiro atoms. The number of nitrogens with zero attached hydrogens (tertiary/aromatic N) is 1. The van der Waals surface area contributed by atoms with Gasteiger partial charge in [-0.15, -0.1) is 0 Å². The molecule has 6 heteroatoms. The van der Waals surface area contributed by atoms with Crippen molar-refractivity contribution in [3.05, 3.63) is 54.4 Å². The van der Waals surface area contributed by atoms with E-state index in [0.717, 1.165) is 24.8 Å². The Labute approximate surface area is 153 Å². The lowest BCUT2D eigenvalue weighted by molar-refractivity contribution is -0.124. The molecule has 2 aromatic rings. The van der Waals surface area contributed by atoms with E-state index < -0.39 is 0 Å². The molecule has 2 N–H and O–H groups in total. The largest absolute Gasteiger partial charge is 0.484 e. The number of carbonyl (C=O) groups excluding carboxylic acids is 2. The van der Waals surface area contributed by atoms with E-state index in [1.54, 1.807) is 0 Å². The highest BCUT2D eigenvalue weighted by Gasteiger charge is 2.23. The molecule has 26 heavy (non-hydrogen) atoms. The van der Waals surface area contributed by atoms with Gasteiger partial charge in [0.1, 0.15) is 11.8 Å². The van der Waals surface area contributed by atoms with Crippen LogP contribution in [-0.2, 0) is 16.0 Å². The molecule has 0 unspecified atom stereocenters. The Morgan fingerprint density at radius 3 is 2.54 bits per heavy atom. The van der Waals surface area contributed by atoms with Gasteiger partial charge >= 0.3 is 0 Å². The highest BCUT2D eigenvalue weighted by molar-refractivity contribution is 5.79. The summed E-state index contributed by atoms with van der Waals surface area (Å²) in [5.41, 5.74) is 1.11. The number of benzene rings is 1. The van der Waals surface area contributed by atoms with Crippen molar-refractivity contribution in [2.45, 2.75) is 38.3 Å². The smallest absolute Gasteiger partial charge is 0.258 e. The van der Waals surface area contributed by atoms with Gasteiger partial charge in [0.15, 0.2) is 6.61 Å². The van der Waals surface area contributed by atoms with Crippen molar-refractivity contribution >= 4 is 11.8 Å². The number of hydrogen-bond donors (Lipinski definition) is 2. The van der Waals surface area contributed by atoms with Gasteiger partial charge in [0.05, 0.1) is 0 Å². The summed E-state index contributed by atoms with van der Waals surface area (Å²) in [6.07, 6.45) is 6.65. The Kier molecular flexibility index (Phi) is 5.94. The molecule has 1 aliphatic rings. The SMILES string of the molecule is C[C@@H](C(=O)NCCc1ccc(OCC(=O)NC2CC2)cc1)n1cccc1. The molecule has 3 rings (SSSR count). The third kappa shape index (κ3) is 5.37. The quantitative estimate of drug-likeness (QED) is 0.723. The Balaban J connectivity index is 1.37. The highest BCUT2D eigenvalue weighted by atomic mass is 16.5. The van der Waals surface area contributed by atoms with Crippen LogP contribution in [0.5, 0.6) is 5.75 Å². The molecule has 1 fully saturated rings. The molecule has 0 bridgehead atoms. The fourth-order valence-electron chi connectivity index (χ4n) is 2.62. The van der Waals surface area contributed by atoms with Crippen molar-refractivity contribution in [3.8, 4) is 5.75 Å². The van der Waals surface area contributed by atoms with Crippen LogP contribution in [0.3, 0.4) is 0 Å². The topological polar surface area (TPSA) is 72.4 Å². The molecule has 1 aliphatic carbocycles. The first kappa shape index (κ1) is 18.0. The van der Waals surface area contributed by atoms with Gasteiger partial charge in [0.25, 0.3) is 5.91 Å². The Morgan fingerprint density at radius 1 is 1.19 bits per heavy atom. The van der Waals surface area contributed by atoms with E-state index in [1.165, 1.54) is 0 Å². The van der Waals surface area contributed by atoms with E-state index >= 15 is 0 Å². The zero-order valence-corrected chi connectivity index (χ0v) is 15.0. The van der Waals surface area contributed by atoms with E-state index in [-0.39, 0.29) is 24.5 Å². The summed E-state index contributed by atoms with van der Waals surface area (Å²) in [5, 5.41) is 5.84. The van der Waals surface area contributed by atoms with Crippen molar-refractivity contribution in [2.24, 2.45) is 0 Å². The van der Waals surface area contributed by atoms with Crippen LogP contribution in [0.15, 0.2) is 48.8 Å². The average molecular weight is 355 g/mol. The monoisotopic (exact) mass is 355 g/mol. The van der Waals surface area contributed by atoms with Gasteiger partial charge in [-0.25, -0.2) is 0 Å². The molecule has 0 radical (unpaired) electrons. The molecule has 6 nitrogen and oxygen atoms in total. The minimum absolute atomic E-state index is 0.00262. The van der Waals surface area contributed by atoms with Crippen molar-refractivity contribution in [2.75, 3.05) is 13.2 Å². The number of nitrogens with one attached hydrogen (secondary N) is 2. The van der Waals surface area contributed by atoms with Crippen LogP contribution >= 0.6 is 0 Å².